The third-order valence-corrected chi connectivity index (χ3v) is 1.92. The van der Waals surface area contributed by atoms with Crippen molar-refractivity contribution >= 4 is 12.0 Å². The van der Waals surface area contributed by atoms with E-state index in [1.807, 2.05) is 6.92 Å². The maximum Gasteiger partial charge on any atom is 0.326 e. The van der Waals surface area contributed by atoms with Crippen molar-refractivity contribution in [2.24, 2.45) is 0 Å². The summed E-state index contributed by atoms with van der Waals surface area (Å²) >= 11 is 0. The Morgan fingerprint density at radius 1 is 1.60 bits per heavy atom. The van der Waals surface area contributed by atoms with Gasteiger partial charge in [0.15, 0.2) is 0 Å². The number of rotatable bonds is 6. The minimum absolute atomic E-state index is 0.393. The Kier molecular flexibility index (Phi) is 6.17. The number of urea groups is 1. The fourth-order valence-corrected chi connectivity index (χ4v) is 1.08. The van der Waals surface area contributed by atoms with Crippen LogP contribution >= 0.6 is 0 Å². The van der Waals surface area contributed by atoms with E-state index in [-0.39, 0.29) is 0 Å². The van der Waals surface area contributed by atoms with E-state index >= 15 is 0 Å². The van der Waals surface area contributed by atoms with Crippen molar-refractivity contribution in [2.75, 3.05) is 13.6 Å². The lowest BCUT2D eigenvalue weighted by molar-refractivity contribution is -0.139. The lowest BCUT2D eigenvalue weighted by Crippen LogP contribution is -2.46. The van der Waals surface area contributed by atoms with Crippen molar-refractivity contribution in [1.82, 2.24) is 10.2 Å². The van der Waals surface area contributed by atoms with Crippen LogP contribution in [0.4, 0.5) is 4.79 Å². The number of carbonyl (C=O) groups is 2. The standard InChI is InChI=1S/C10H18N2O3/c1-4-6-8(9(13)14)11-10(15)12(3)7-5-2/h5,8H,2,4,6-7H2,1,3H3,(H,11,15)(H,13,14)/t8-/m0/s1. The maximum atomic E-state index is 11.4. The summed E-state index contributed by atoms with van der Waals surface area (Å²) in [7, 11) is 1.59. The van der Waals surface area contributed by atoms with Gasteiger partial charge in [0.1, 0.15) is 6.04 Å². The van der Waals surface area contributed by atoms with Crippen molar-refractivity contribution in [1.29, 1.82) is 0 Å². The molecular weight excluding hydrogens is 196 g/mol. The summed E-state index contributed by atoms with van der Waals surface area (Å²) in [6, 6.07) is -1.20. The summed E-state index contributed by atoms with van der Waals surface area (Å²) in [5, 5.41) is 11.3. The van der Waals surface area contributed by atoms with Crippen LogP contribution in [-0.4, -0.2) is 41.6 Å². The third-order valence-electron chi connectivity index (χ3n) is 1.92. The Morgan fingerprint density at radius 3 is 2.60 bits per heavy atom. The molecule has 0 aromatic heterocycles. The minimum atomic E-state index is -1.00. The van der Waals surface area contributed by atoms with Crippen LogP contribution in [0, 0.1) is 0 Å². The lowest BCUT2D eigenvalue weighted by atomic mass is 10.2. The molecule has 1 atom stereocenters. The van der Waals surface area contributed by atoms with E-state index < -0.39 is 18.0 Å². The molecule has 0 spiro atoms. The molecule has 2 amide bonds. The van der Waals surface area contributed by atoms with Gasteiger partial charge in [-0.3, -0.25) is 0 Å². The highest BCUT2D eigenvalue weighted by Crippen LogP contribution is 1.98. The van der Waals surface area contributed by atoms with E-state index in [0.717, 1.165) is 0 Å². The van der Waals surface area contributed by atoms with Gasteiger partial charge in [0.05, 0.1) is 0 Å². The largest absolute Gasteiger partial charge is 0.480 e. The maximum absolute atomic E-state index is 11.4. The van der Waals surface area contributed by atoms with Gasteiger partial charge in [-0.2, -0.15) is 0 Å². The zero-order valence-electron chi connectivity index (χ0n) is 9.19. The van der Waals surface area contributed by atoms with Crippen LogP contribution in [0.2, 0.25) is 0 Å². The summed E-state index contributed by atoms with van der Waals surface area (Å²) in [5.41, 5.74) is 0. The lowest BCUT2D eigenvalue weighted by Gasteiger charge is -2.19. The molecule has 0 saturated heterocycles. The normalized spacial score (nSPS) is 11.6. The molecule has 5 heteroatoms. The van der Waals surface area contributed by atoms with Gasteiger partial charge in [-0.05, 0) is 6.42 Å². The SMILES string of the molecule is C=CCN(C)C(=O)N[C@@H](CCC)C(=O)O. The first-order chi connectivity index (χ1) is 7.02. The number of hydrogen-bond donors (Lipinski definition) is 2. The van der Waals surface area contributed by atoms with Gasteiger partial charge in [-0.15, -0.1) is 6.58 Å². The summed E-state index contributed by atoms with van der Waals surface area (Å²) in [4.78, 5) is 23.6. The highest BCUT2D eigenvalue weighted by Gasteiger charge is 2.19. The van der Waals surface area contributed by atoms with E-state index in [1.54, 1.807) is 13.1 Å². The van der Waals surface area contributed by atoms with Gasteiger partial charge in [0, 0.05) is 13.6 Å². The average molecular weight is 214 g/mol. The molecule has 0 radical (unpaired) electrons. The molecule has 5 nitrogen and oxygen atoms in total. The number of carbonyl (C=O) groups excluding carboxylic acids is 1. The first-order valence-corrected chi connectivity index (χ1v) is 4.88. The Balaban J connectivity index is 4.21. The Labute approximate surface area is 89.8 Å². The summed E-state index contributed by atoms with van der Waals surface area (Å²) < 4.78 is 0. The fourth-order valence-electron chi connectivity index (χ4n) is 1.08. The van der Waals surface area contributed by atoms with Crippen molar-refractivity contribution < 1.29 is 14.7 Å². The number of nitrogens with zero attached hydrogens (tertiary/aromatic N) is 1. The molecule has 0 bridgehead atoms. The molecule has 0 rings (SSSR count). The summed E-state index contributed by atoms with van der Waals surface area (Å²) in [6.07, 6.45) is 2.72. The molecule has 86 valence electrons. The Bertz CT molecular complexity index is 241. The first-order valence-electron chi connectivity index (χ1n) is 4.88. The first kappa shape index (κ1) is 13.5. The van der Waals surface area contributed by atoms with Crippen molar-refractivity contribution in [3.05, 3.63) is 12.7 Å². The number of amides is 2. The third kappa shape index (κ3) is 5.05. The van der Waals surface area contributed by atoms with Crippen molar-refractivity contribution in [3.63, 3.8) is 0 Å². The monoisotopic (exact) mass is 214 g/mol. The second kappa shape index (κ2) is 6.86. The fraction of sp³-hybridized carbons (Fsp3) is 0.600. The van der Waals surface area contributed by atoms with E-state index in [1.165, 1.54) is 4.90 Å². The number of aliphatic carboxylic acids is 1. The smallest absolute Gasteiger partial charge is 0.326 e. The number of nitrogens with one attached hydrogen (secondary N) is 1. The highest BCUT2D eigenvalue weighted by atomic mass is 16.4. The van der Waals surface area contributed by atoms with Gasteiger partial charge >= 0.3 is 12.0 Å². The second-order valence-corrected chi connectivity index (χ2v) is 3.30. The van der Waals surface area contributed by atoms with Gasteiger partial charge in [0.2, 0.25) is 0 Å². The molecule has 0 aliphatic heterocycles. The quantitative estimate of drug-likeness (QED) is 0.650. The van der Waals surface area contributed by atoms with Crippen molar-refractivity contribution in [2.45, 2.75) is 25.8 Å². The molecule has 0 saturated carbocycles. The van der Waals surface area contributed by atoms with Crippen LogP contribution in [0.5, 0.6) is 0 Å². The minimum Gasteiger partial charge on any atom is -0.480 e. The summed E-state index contributed by atoms with van der Waals surface area (Å²) in [6.45, 7) is 5.76. The van der Waals surface area contributed by atoms with Gasteiger partial charge in [-0.1, -0.05) is 19.4 Å². The molecule has 0 fully saturated rings. The highest BCUT2D eigenvalue weighted by molar-refractivity contribution is 5.82. The van der Waals surface area contributed by atoms with Crippen LogP contribution in [-0.2, 0) is 4.79 Å². The molecule has 0 aromatic rings. The molecular formula is C10H18N2O3. The number of hydrogen-bond acceptors (Lipinski definition) is 2. The van der Waals surface area contributed by atoms with E-state index in [4.69, 9.17) is 5.11 Å². The molecule has 2 N–H and O–H groups in total. The van der Waals surface area contributed by atoms with E-state index in [2.05, 4.69) is 11.9 Å². The predicted molar refractivity (Wildman–Crippen MR) is 57.7 cm³/mol. The zero-order valence-corrected chi connectivity index (χ0v) is 9.19. The Hall–Kier alpha value is -1.52. The molecule has 0 aliphatic rings. The van der Waals surface area contributed by atoms with Crippen LogP contribution in [0.1, 0.15) is 19.8 Å². The molecule has 15 heavy (non-hydrogen) atoms. The van der Waals surface area contributed by atoms with Crippen LogP contribution in [0.25, 0.3) is 0 Å². The number of carboxylic acids is 1. The van der Waals surface area contributed by atoms with Gasteiger partial charge in [0.25, 0.3) is 0 Å². The number of carboxylic acid groups (broad SMARTS) is 1. The molecule has 0 aliphatic carbocycles. The molecule has 0 heterocycles. The van der Waals surface area contributed by atoms with Crippen LogP contribution in [0.3, 0.4) is 0 Å². The van der Waals surface area contributed by atoms with E-state index in [0.29, 0.717) is 19.4 Å². The zero-order chi connectivity index (χ0) is 11.8. The second-order valence-electron chi connectivity index (χ2n) is 3.30. The van der Waals surface area contributed by atoms with E-state index in [9.17, 15) is 9.59 Å². The topological polar surface area (TPSA) is 69.6 Å². The van der Waals surface area contributed by atoms with Crippen LogP contribution in [0.15, 0.2) is 12.7 Å². The average Bonchev–Trinajstić information content (AvgIpc) is 2.17. The summed E-state index contributed by atoms with van der Waals surface area (Å²) in [5.74, 6) is -1.00. The molecule has 0 unspecified atom stereocenters. The van der Waals surface area contributed by atoms with Crippen molar-refractivity contribution in [3.8, 4) is 0 Å². The Morgan fingerprint density at radius 2 is 2.20 bits per heavy atom. The predicted octanol–water partition coefficient (Wildman–Crippen LogP) is 1.07. The van der Waals surface area contributed by atoms with Crippen LogP contribution < -0.4 is 5.32 Å². The number of likely N-dealkylation sites (N-methyl/N-ethyl adjacent to an activating group) is 1. The molecule has 0 aromatic carbocycles. The van der Waals surface area contributed by atoms with Gasteiger partial charge < -0.3 is 15.3 Å². The van der Waals surface area contributed by atoms with Gasteiger partial charge in [-0.25, -0.2) is 9.59 Å².